The van der Waals surface area contributed by atoms with Crippen LogP contribution in [-0.2, 0) is 9.59 Å². The molecular weight excluding hydrogens is 160 g/mol. The van der Waals surface area contributed by atoms with Gasteiger partial charge in [0.05, 0.1) is 6.07 Å². The number of nitriles is 1. The molecule has 0 spiro atoms. The van der Waals surface area contributed by atoms with E-state index in [0.717, 1.165) is 6.08 Å². The first-order valence-corrected chi connectivity index (χ1v) is 3.09. The monoisotopic (exact) mass is 164 g/mol. The van der Waals surface area contributed by atoms with Gasteiger partial charge in [-0.25, -0.2) is 9.79 Å². The van der Waals surface area contributed by atoms with E-state index >= 15 is 0 Å². The summed E-state index contributed by atoms with van der Waals surface area (Å²) in [6.45, 7) is 0. The number of rotatable bonds is 1. The quantitative estimate of drug-likeness (QED) is 0.578. The smallest absolute Gasteiger partial charge is 0.354 e. The Bertz CT molecular complexity index is 335. The topological polar surface area (TPSA) is 90.5 Å². The van der Waals surface area contributed by atoms with Gasteiger partial charge in [-0.2, -0.15) is 5.26 Å². The van der Waals surface area contributed by atoms with Crippen LogP contribution in [0.25, 0.3) is 0 Å². The maximum atomic E-state index is 10.8. The molecule has 0 bridgehead atoms. The van der Waals surface area contributed by atoms with Gasteiger partial charge in [0.15, 0.2) is 5.71 Å². The molecule has 0 radical (unpaired) electrons. The SMILES string of the molecule is N#CC1C=CC(C(=O)O)=NC1=O. The van der Waals surface area contributed by atoms with E-state index in [1.165, 1.54) is 6.08 Å². The molecule has 5 nitrogen and oxygen atoms in total. The van der Waals surface area contributed by atoms with Crippen LogP contribution in [0.5, 0.6) is 0 Å². The molecule has 1 aliphatic heterocycles. The summed E-state index contributed by atoms with van der Waals surface area (Å²) in [7, 11) is 0. The Kier molecular flexibility index (Phi) is 2.01. The van der Waals surface area contributed by atoms with Crippen molar-refractivity contribution in [3.05, 3.63) is 12.2 Å². The van der Waals surface area contributed by atoms with Gasteiger partial charge in [0.2, 0.25) is 0 Å². The van der Waals surface area contributed by atoms with Gasteiger partial charge in [-0.15, -0.1) is 0 Å². The molecule has 1 unspecified atom stereocenters. The second kappa shape index (κ2) is 2.96. The maximum Gasteiger partial charge on any atom is 0.354 e. The Labute approximate surface area is 67.6 Å². The Morgan fingerprint density at radius 1 is 1.75 bits per heavy atom. The first-order chi connectivity index (χ1) is 5.65. The molecule has 0 saturated heterocycles. The molecule has 0 aromatic heterocycles. The fourth-order valence-electron chi connectivity index (χ4n) is 0.713. The highest BCUT2D eigenvalue weighted by Crippen LogP contribution is 2.06. The van der Waals surface area contributed by atoms with Gasteiger partial charge in [-0.3, -0.25) is 4.79 Å². The van der Waals surface area contributed by atoms with Crippen molar-refractivity contribution in [3.63, 3.8) is 0 Å². The van der Waals surface area contributed by atoms with Crippen molar-refractivity contribution in [2.45, 2.75) is 0 Å². The summed E-state index contributed by atoms with van der Waals surface area (Å²) in [5.41, 5.74) is -0.327. The van der Waals surface area contributed by atoms with E-state index in [1.54, 1.807) is 6.07 Å². The number of amides is 1. The molecule has 0 aromatic rings. The lowest BCUT2D eigenvalue weighted by Crippen LogP contribution is -2.20. The lowest BCUT2D eigenvalue weighted by molar-refractivity contribution is -0.129. The van der Waals surface area contributed by atoms with E-state index in [4.69, 9.17) is 10.4 Å². The number of dihydropyridines is 1. The number of aliphatic carboxylic acids is 1. The molecule has 1 atom stereocenters. The molecular formula is C7H4N2O3. The van der Waals surface area contributed by atoms with E-state index in [1.807, 2.05) is 0 Å². The zero-order valence-corrected chi connectivity index (χ0v) is 5.89. The summed E-state index contributed by atoms with van der Waals surface area (Å²) >= 11 is 0. The standard InChI is InChI=1S/C7H4N2O3/c8-3-4-1-2-5(7(11)12)9-6(4)10/h1-2,4H,(H,11,12). The van der Waals surface area contributed by atoms with Gasteiger partial charge >= 0.3 is 5.97 Å². The Balaban J connectivity index is 2.92. The number of carboxylic acid groups (broad SMARTS) is 1. The molecule has 1 rings (SSSR count). The normalized spacial score (nSPS) is 21.4. The van der Waals surface area contributed by atoms with Crippen LogP contribution in [0.4, 0.5) is 0 Å². The van der Waals surface area contributed by atoms with E-state index in [-0.39, 0.29) is 5.71 Å². The molecule has 12 heavy (non-hydrogen) atoms. The second-order valence-electron chi connectivity index (χ2n) is 2.11. The minimum atomic E-state index is -1.27. The third-order valence-electron chi connectivity index (χ3n) is 1.30. The van der Waals surface area contributed by atoms with Crippen LogP contribution < -0.4 is 0 Å². The van der Waals surface area contributed by atoms with Crippen molar-refractivity contribution in [1.29, 1.82) is 5.26 Å². The second-order valence-corrected chi connectivity index (χ2v) is 2.11. The van der Waals surface area contributed by atoms with Crippen LogP contribution in [0.1, 0.15) is 0 Å². The van der Waals surface area contributed by atoms with E-state index in [0.29, 0.717) is 0 Å². The molecule has 1 aliphatic rings. The summed E-state index contributed by atoms with van der Waals surface area (Å²) in [6.07, 6.45) is 2.37. The van der Waals surface area contributed by atoms with Crippen molar-refractivity contribution in [3.8, 4) is 6.07 Å². The molecule has 0 fully saturated rings. The van der Waals surface area contributed by atoms with E-state index in [2.05, 4.69) is 4.99 Å². The fraction of sp³-hybridized carbons (Fsp3) is 0.143. The summed E-state index contributed by atoms with van der Waals surface area (Å²) < 4.78 is 0. The third kappa shape index (κ3) is 1.37. The van der Waals surface area contributed by atoms with Crippen molar-refractivity contribution < 1.29 is 14.7 Å². The first-order valence-electron chi connectivity index (χ1n) is 3.09. The fourth-order valence-corrected chi connectivity index (χ4v) is 0.713. The number of carboxylic acids is 1. The predicted molar refractivity (Wildman–Crippen MR) is 38.3 cm³/mol. The largest absolute Gasteiger partial charge is 0.477 e. The molecule has 1 amide bonds. The molecule has 0 aliphatic carbocycles. The summed E-state index contributed by atoms with van der Waals surface area (Å²) in [5.74, 6) is -2.93. The average molecular weight is 164 g/mol. The maximum absolute atomic E-state index is 10.8. The highest BCUT2D eigenvalue weighted by molar-refractivity contribution is 6.42. The lowest BCUT2D eigenvalue weighted by atomic mass is 10.1. The number of carbonyl (C=O) groups excluding carboxylic acids is 1. The third-order valence-corrected chi connectivity index (χ3v) is 1.30. The Hall–Kier alpha value is -1.96. The number of hydrogen-bond acceptors (Lipinski definition) is 3. The van der Waals surface area contributed by atoms with Crippen molar-refractivity contribution in [2.24, 2.45) is 10.9 Å². The molecule has 0 aromatic carbocycles. The zero-order valence-electron chi connectivity index (χ0n) is 5.89. The van der Waals surface area contributed by atoms with Crippen LogP contribution in [0.3, 0.4) is 0 Å². The average Bonchev–Trinajstić information content (AvgIpc) is 2.04. The zero-order chi connectivity index (χ0) is 9.14. The number of hydrogen-bond donors (Lipinski definition) is 1. The molecule has 1 N–H and O–H groups in total. The summed E-state index contributed by atoms with van der Waals surface area (Å²) in [5, 5.41) is 16.7. The minimum absolute atomic E-state index is 0.327. The highest BCUT2D eigenvalue weighted by atomic mass is 16.4. The molecule has 60 valence electrons. The lowest BCUT2D eigenvalue weighted by Gasteiger charge is -2.03. The first kappa shape index (κ1) is 8.14. The van der Waals surface area contributed by atoms with Gasteiger partial charge in [0, 0.05) is 0 Å². The van der Waals surface area contributed by atoms with Crippen LogP contribution in [-0.4, -0.2) is 22.7 Å². The van der Waals surface area contributed by atoms with Crippen LogP contribution in [0.15, 0.2) is 17.1 Å². The van der Waals surface area contributed by atoms with E-state index in [9.17, 15) is 9.59 Å². The van der Waals surface area contributed by atoms with E-state index < -0.39 is 17.8 Å². The van der Waals surface area contributed by atoms with Crippen LogP contribution in [0, 0.1) is 17.2 Å². The minimum Gasteiger partial charge on any atom is -0.477 e. The van der Waals surface area contributed by atoms with Gasteiger partial charge in [-0.1, -0.05) is 6.08 Å². The highest BCUT2D eigenvalue weighted by Gasteiger charge is 2.21. The molecule has 0 saturated carbocycles. The van der Waals surface area contributed by atoms with Gasteiger partial charge in [0.25, 0.3) is 5.91 Å². The molecule has 1 heterocycles. The summed E-state index contributed by atoms with van der Waals surface area (Å²) in [4.78, 5) is 24.3. The number of aliphatic imine (C=N–C) groups is 1. The predicted octanol–water partition coefficient (Wildman–Crippen LogP) is -0.252. The van der Waals surface area contributed by atoms with Crippen molar-refractivity contribution >= 4 is 17.6 Å². The van der Waals surface area contributed by atoms with Crippen molar-refractivity contribution in [1.82, 2.24) is 0 Å². The Morgan fingerprint density at radius 2 is 2.42 bits per heavy atom. The molecule has 5 heteroatoms. The van der Waals surface area contributed by atoms with Crippen molar-refractivity contribution in [2.75, 3.05) is 0 Å². The van der Waals surface area contributed by atoms with Gasteiger partial charge in [0.1, 0.15) is 5.92 Å². The number of carbonyl (C=O) groups is 2. The van der Waals surface area contributed by atoms with Gasteiger partial charge < -0.3 is 5.11 Å². The van der Waals surface area contributed by atoms with Crippen LogP contribution in [0.2, 0.25) is 0 Å². The van der Waals surface area contributed by atoms with Crippen LogP contribution >= 0.6 is 0 Å². The number of nitrogens with zero attached hydrogens (tertiary/aromatic N) is 2. The summed E-state index contributed by atoms with van der Waals surface area (Å²) in [6, 6.07) is 1.68. The Morgan fingerprint density at radius 3 is 2.83 bits per heavy atom. The van der Waals surface area contributed by atoms with Gasteiger partial charge in [-0.05, 0) is 6.08 Å².